The van der Waals surface area contributed by atoms with Crippen molar-refractivity contribution in [1.82, 2.24) is 25.2 Å². The lowest BCUT2D eigenvalue weighted by Gasteiger charge is -2.26. The predicted octanol–water partition coefficient (Wildman–Crippen LogP) is 3.19. The number of carbonyl (C=O) groups is 2. The summed E-state index contributed by atoms with van der Waals surface area (Å²) in [5.74, 6) is -0.0695. The van der Waals surface area contributed by atoms with Crippen LogP contribution in [0.2, 0.25) is 0 Å². The fourth-order valence-electron chi connectivity index (χ4n) is 4.23. The molecule has 1 aliphatic rings. The number of nitrogens with one attached hydrogen (secondary N) is 4. The van der Waals surface area contributed by atoms with Gasteiger partial charge in [0.05, 0.1) is 18.7 Å². The molecule has 10 nitrogen and oxygen atoms in total. The first kappa shape index (κ1) is 24.4. The van der Waals surface area contributed by atoms with Gasteiger partial charge in [-0.2, -0.15) is 0 Å². The van der Waals surface area contributed by atoms with Crippen molar-refractivity contribution in [2.45, 2.75) is 6.42 Å². The lowest BCUT2D eigenvalue weighted by molar-refractivity contribution is -0.117. The van der Waals surface area contributed by atoms with Gasteiger partial charge >= 0.3 is 0 Å². The number of hydrogen-bond acceptors (Lipinski definition) is 7. The normalized spacial score (nSPS) is 14.3. The quantitative estimate of drug-likeness (QED) is 0.206. The van der Waals surface area contributed by atoms with Crippen molar-refractivity contribution in [3.05, 3.63) is 67.1 Å². The van der Waals surface area contributed by atoms with E-state index in [4.69, 9.17) is 4.74 Å². The zero-order chi connectivity index (χ0) is 25.5. The number of morpholine rings is 1. The smallest absolute Gasteiger partial charge is 0.248 e. The van der Waals surface area contributed by atoms with E-state index in [2.05, 4.69) is 35.8 Å². The Hall–Kier alpha value is -4.28. The zero-order valence-electron chi connectivity index (χ0n) is 20.4. The first-order valence-electron chi connectivity index (χ1n) is 12.3. The molecular weight excluding hydrogens is 470 g/mol. The number of rotatable bonds is 9. The first-order chi connectivity index (χ1) is 18.1. The average Bonchev–Trinajstić information content (AvgIpc) is 3.39. The van der Waals surface area contributed by atoms with E-state index in [1.807, 2.05) is 42.6 Å². The number of anilines is 3. The second kappa shape index (κ2) is 11.6. The van der Waals surface area contributed by atoms with Crippen molar-refractivity contribution >= 4 is 50.8 Å². The average molecular weight is 500 g/mol. The van der Waals surface area contributed by atoms with Gasteiger partial charge in [0.25, 0.3) is 0 Å². The Labute approximate surface area is 214 Å². The van der Waals surface area contributed by atoms with Gasteiger partial charge in [0, 0.05) is 60.3 Å². The van der Waals surface area contributed by atoms with Crippen LogP contribution in [0.15, 0.2) is 67.1 Å². The van der Waals surface area contributed by atoms with Gasteiger partial charge in [-0.1, -0.05) is 6.07 Å². The zero-order valence-corrected chi connectivity index (χ0v) is 20.4. The largest absolute Gasteiger partial charge is 0.379 e. The molecule has 3 heterocycles. The summed E-state index contributed by atoms with van der Waals surface area (Å²) in [6.45, 7) is 4.84. The molecular formula is C27H29N7O3. The van der Waals surface area contributed by atoms with Crippen LogP contribution >= 0.6 is 0 Å². The van der Waals surface area contributed by atoms with E-state index in [9.17, 15) is 9.59 Å². The molecule has 0 aliphatic carbocycles. The van der Waals surface area contributed by atoms with Crippen LogP contribution in [0.5, 0.6) is 0 Å². The third-order valence-corrected chi connectivity index (χ3v) is 6.16. The molecule has 0 atom stereocenters. The van der Waals surface area contributed by atoms with Crippen LogP contribution < -0.4 is 16.0 Å². The van der Waals surface area contributed by atoms with Gasteiger partial charge in [-0.3, -0.25) is 14.5 Å². The molecule has 190 valence electrons. The molecule has 0 unspecified atom stereocenters. The van der Waals surface area contributed by atoms with Gasteiger partial charge in [-0.15, -0.1) is 0 Å². The molecule has 0 radical (unpaired) electrons. The fourth-order valence-corrected chi connectivity index (χ4v) is 4.23. The minimum Gasteiger partial charge on any atom is -0.379 e. The summed E-state index contributed by atoms with van der Waals surface area (Å²) in [6.07, 6.45) is 6.72. The van der Waals surface area contributed by atoms with E-state index < -0.39 is 5.91 Å². The summed E-state index contributed by atoms with van der Waals surface area (Å²) in [4.78, 5) is 38.7. The van der Waals surface area contributed by atoms with Crippen molar-refractivity contribution in [3.63, 3.8) is 0 Å². The molecule has 1 aliphatic heterocycles. The van der Waals surface area contributed by atoms with E-state index in [1.54, 1.807) is 6.07 Å². The molecule has 2 amide bonds. The number of aromatic nitrogens is 3. The highest BCUT2D eigenvalue weighted by Gasteiger charge is 2.10. The van der Waals surface area contributed by atoms with E-state index in [0.29, 0.717) is 18.1 Å². The maximum atomic E-state index is 12.4. The number of ether oxygens (including phenoxy) is 1. The molecule has 0 bridgehead atoms. The number of fused-ring (bicyclic) bond motifs is 2. The van der Waals surface area contributed by atoms with Gasteiger partial charge in [0.15, 0.2) is 0 Å². The molecule has 0 saturated carbocycles. The Morgan fingerprint density at radius 3 is 2.73 bits per heavy atom. The van der Waals surface area contributed by atoms with Gasteiger partial charge in [0.2, 0.25) is 11.8 Å². The van der Waals surface area contributed by atoms with Crippen LogP contribution in [-0.4, -0.2) is 71.1 Å². The molecule has 0 spiro atoms. The van der Waals surface area contributed by atoms with Crippen LogP contribution in [0.4, 0.5) is 17.2 Å². The summed E-state index contributed by atoms with van der Waals surface area (Å²) >= 11 is 0. The fraction of sp³-hybridized carbons (Fsp3) is 0.259. The topological polar surface area (TPSA) is 124 Å². The minimum atomic E-state index is -0.397. The van der Waals surface area contributed by atoms with Crippen LogP contribution in [0.1, 0.15) is 6.42 Å². The van der Waals surface area contributed by atoms with Crippen LogP contribution in [0, 0.1) is 0 Å². The number of aromatic amines is 1. The molecule has 37 heavy (non-hydrogen) atoms. The molecule has 2 aromatic heterocycles. The third kappa shape index (κ3) is 6.49. The first-order valence-corrected chi connectivity index (χ1v) is 12.3. The maximum Gasteiger partial charge on any atom is 0.248 e. The van der Waals surface area contributed by atoms with Crippen molar-refractivity contribution in [1.29, 1.82) is 0 Å². The molecule has 4 N–H and O–H groups in total. The lowest BCUT2D eigenvalue weighted by atomic mass is 10.2. The molecule has 4 aromatic rings. The lowest BCUT2D eigenvalue weighted by Crippen LogP contribution is -2.38. The second-order valence-corrected chi connectivity index (χ2v) is 8.78. The van der Waals surface area contributed by atoms with Gasteiger partial charge in [-0.25, -0.2) is 9.97 Å². The summed E-state index contributed by atoms with van der Waals surface area (Å²) in [5, 5.41) is 10.8. The molecule has 1 fully saturated rings. The monoisotopic (exact) mass is 499 g/mol. The SMILES string of the molecule is O=C(/C=C/C(=O)Nc1ccc2ncnc(Nc3ccc4cc[nH]c4c3)c2c1)NCCCN1CCOCC1. The Morgan fingerprint density at radius 1 is 1.00 bits per heavy atom. The summed E-state index contributed by atoms with van der Waals surface area (Å²) < 4.78 is 5.33. The molecule has 2 aromatic carbocycles. The number of nitrogens with zero attached hydrogens (tertiary/aromatic N) is 3. The Balaban J connectivity index is 1.16. The highest BCUT2D eigenvalue weighted by molar-refractivity contribution is 6.05. The molecule has 5 rings (SSSR count). The molecule has 10 heteroatoms. The Kier molecular flexibility index (Phi) is 7.68. The third-order valence-electron chi connectivity index (χ3n) is 6.16. The number of benzene rings is 2. The standard InChI is InChI=1S/C27H29N7O3/c35-25(29-9-1-11-34-12-14-37-15-13-34)6-7-26(36)32-20-4-5-23-22(16-20)27(31-18-30-23)33-21-3-2-19-8-10-28-24(19)17-21/h2-8,10,16-18,28H,1,9,11-15H2,(H,29,35)(H,32,36)(H,30,31,33)/b7-6+. The van der Waals surface area contributed by atoms with Gasteiger partial charge < -0.3 is 25.7 Å². The van der Waals surface area contributed by atoms with E-state index in [1.165, 1.54) is 18.5 Å². The Bertz CT molecular complexity index is 1430. The number of H-pyrrole nitrogens is 1. The van der Waals surface area contributed by atoms with Crippen LogP contribution in [-0.2, 0) is 14.3 Å². The molecule has 1 saturated heterocycles. The number of amides is 2. The van der Waals surface area contributed by atoms with Crippen molar-refractivity contribution in [2.75, 3.05) is 50.0 Å². The highest BCUT2D eigenvalue weighted by atomic mass is 16.5. The highest BCUT2D eigenvalue weighted by Crippen LogP contribution is 2.27. The van der Waals surface area contributed by atoms with Crippen LogP contribution in [0.3, 0.4) is 0 Å². The van der Waals surface area contributed by atoms with Gasteiger partial charge in [0.1, 0.15) is 12.1 Å². The Morgan fingerprint density at radius 2 is 1.84 bits per heavy atom. The number of hydrogen-bond donors (Lipinski definition) is 4. The predicted molar refractivity (Wildman–Crippen MR) is 144 cm³/mol. The number of carbonyl (C=O) groups excluding carboxylic acids is 2. The van der Waals surface area contributed by atoms with Crippen molar-refractivity contribution in [3.8, 4) is 0 Å². The summed E-state index contributed by atoms with van der Waals surface area (Å²) in [6, 6.07) is 13.4. The van der Waals surface area contributed by atoms with E-state index in [0.717, 1.165) is 66.8 Å². The minimum absolute atomic E-state index is 0.297. The van der Waals surface area contributed by atoms with E-state index in [-0.39, 0.29) is 5.91 Å². The van der Waals surface area contributed by atoms with Crippen LogP contribution in [0.25, 0.3) is 21.8 Å². The van der Waals surface area contributed by atoms with Crippen molar-refractivity contribution in [2.24, 2.45) is 0 Å². The van der Waals surface area contributed by atoms with E-state index >= 15 is 0 Å². The summed E-state index contributed by atoms with van der Waals surface area (Å²) in [5.41, 5.74) is 3.21. The summed E-state index contributed by atoms with van der Waals surface area (Å²) in [7, 11) is 0. The van der Waals surface area contributed by atoms with Crippen molar-refractivity contribution < 1.29 is 14.3 Å². The maximum absolute atomic E-state index is 12.4. The second-order valence-electron chi connectivity index (χ2n) is 8.78. The van der Waals surface area contributed by atoms with Gasteiger partial charge in [-0.05, 0) is 54.8 Å².